The van der Waals surface area contributed by atoms with E-state index < -0.39 is 5.95 Å². The van der Waals surface area contributed by atoms with E-state index in [9.17, 15) is 9.18 Å². The summed E-state index contributed by atoms with van der Waals surface area (Å²) in [6.07, 6.45) is 4.24. The fourth-order valence-electron chi connectivity index (χ4n) is 2.22. The van der Waals surface area contributed by atoms with Gasteiger partial charge >= 0.3 is 5.97 Å². The minimum absolute atomic E-state index is 0.0476. The van der Waals surface area contributed by atoms with Crippen molar-refractivity contribution >= 4 is 5.97 Å². The molecule has 0 saturated heterocycles. The van der Waals surface area contributed by atoms with Gasteiger partial charge in [0, 0.05) is 6.20 Å². The van der Waals surface area contributed by atoms with Crippen LogP contribution in [0.15, 0.2) is 18.3 Å². The second kappa shape index (κ2) is 5.80. The van der Waals surface area contributed by atoms with Crippen molar-refractivity contribution in [1.29, 1.82) is 0 Å². The smallest absolute Gasteiger partial charge is 0.308 e. The van der Waals surface area contributed by atoms with Crippen molar-refractivity contribution < 1.29 is 18.7 Å². The molecular weight excluding hydrogens is 237 g/mol. The Morgan fingerprint density at radius 2 is 2.11 bits per heavy atom. The molecule has 98 valence electrons. The first-order chi connectivity index (χ1) is 8.70. The maximum atomic E-state index is 13.3. The molecule has 0 N–H and O–H groups in total. The Morgan fingerprint density at radius 3 is 2.72 bits per heavy atom. The molecule has 0 spiro atoms. The van der Waals surface area contributed by atoms with Crippen molar-refractivity contribution in [3.63, 3.8) is 0 Å². The van der Waals surface area contributed by atoms with Gasteiger partial charge in [-0.05, 0) is 37.8 Å². The molecule has 0 unspecified atom stereocenters. The fraction of sp³-hybridized carbons (Fsp3) is 0.538. The first-order valence-electron chi connectivity index (χ1n) is 6.05. The van der Waals surface area contributed by atoms with Crippen LogP contribution in [0, 0.1) is 11.9 Å². The molecular formula is C13H16FNO3. The minimum Gasteiger partial charge on any atom is -0.486 e. The average molecular weight is 253 g/mol. The third-order valence-electron chi connectivity index (χ3n) is 3.23. The Kier molecular flexibility index (Phi) is 4.12. The van der Waals surface area contributed by atoms with E-state index in [2.05, 4.69) is 4.98 Å². The molecule has 1 heterocycles. The number of carbonyl (C=O) groups is 1. The van der Waals surface area contributed by atoms with Crippen molar-refractivity contribution in [3.8, 4) is 5.75 Å². The molecule has 0 amide bonds. The number of pyridine rings is 1. The van der Waals surface area contributed by atoms with Crippen molar-refractivity contribution in [2.75, 3.05) is 7.11 Å². The van der Waals surface area contributed by atoms with Crippen molar-refractivity contribution in [2.45, 2.75) is 31.8 Å². The SMILES string of the molecule is COC(=O)C1CCC(Oc2cccnc2F)CC1. The van der Waals surface area contributed by atoms with E-state index >= 15 is 0 Å². The van der Waals surface area contributed by atoms with Crippen LogP contribution in [0.3, 0.4) is 0 Å². The van der Waals surface area contributed by atoms with Crippen LogP contribution >= 0.6 is 0 Å². The summed E-state index contributed by atoms with van der Waals surface area (Å²) in [5.41, 5.74) is 0. The lowest BCUT2D eigenvalue weighted by Crippen LogP contribution is -2.28. The van der Waals surface area contributed by atoms with Crippen molar-refractivity contribution in [1.82, 2.24) is 4.98 Å². The summed E-state index contributed by atoms with van der Waals surface area (Å²) >= 11 is 0. The highest BCUT2D eigenvalue weighted by molar-refractivity contribution is 5.72. The molecule has 5 heteroatoms. The molecule has 1 aromatic rings. The Morgan fingerprint density at radius 1 is 1.39 bits per heavy atom. The van der Waals surface area contributed by atoms with Crippen LogP contribution < -0.4 is 4.74 Å². The number of ether oxygens (including phenoxy) is 2. The van der Waals surface area contributed by atoms with Crippen molar-refractivity contribution in [3.05, 3.63) is 24.3 Å². The number of nitrogens with zero attached hydrogens (tertiary/aromatic N) is 1. The summed E-state index contributed by atoms with van der Waals surface area (Å²) in [6, 6.07) is 3.20. The molecule has 4 nitrogen and oxygen atoms in total. The predicted octanol–water partition coefficient (Wildman–Crippen LogP) is 2.33. The van der Waals surface area contributed by atoms with E-state index in [1.807, 2.05) is 0 Å². The van der Waals surface area contributed by atoms with Crippen LogP contribution in [0.25, 0.3) is 0 Å². The maximum Gasteiger partial charge on any atom is 0.308 e. The topological polar surface area (TPSA) is 48.4 Å². The first kappa shape index (κ1) is 12.8. The van der Waals surface area contributed by atoms with Gasteiger partial charge < -0.3 is 9.47 Å². The summed E-state index contributed by atoms with van der Waals surface area (Å²) < 4.78 is 23.6. The van der Waals surface area contributed by atoms with Gasteiger partial charge in [0.15, 0.2) is 5.75 Å². The zero-order valence-electron chi connectivity index (χ0n) is 10.3. The zero-order chi connectivity index (χ0) is 13.0. The largest absolute Gasteiger partial charge is 0.486 e. The summed E-state index contributed by atoms with van der Waals surface area (Å²) in [7, 11) is 1.40. The molecule has 1 saturated carbocycles. The third-order valence-corrected chi connectivity index (χ3v) is 3.23. The molecule has 1 fully saturated rings. The molecule has 2 rings (SSSR count). The van der Waals surface area contributed by atoms with E-state index in [4.69, 9.17) is 9.47 Å². The summed E-state index contributed by atoms with van der Waals surface area (Å²) in [5, 5.41) is 0. The van der Waals surface area contributed by atoms with Gasteiger partial charge in [0.25, 0.3) is 5.95 Å². The minimum atomic E-state index is -0.590. The van der Waals surface area contributed by atoms with E-state index in [0.29, 0.717) is 0 Å². The van der Waals surface area contributed by atoms with Gasteiger partial charge in [0.2, 0.25) is 0 Å². The van der Waals surface area contributed by atoms with Crippen LogP contribution in [0.5, 0.6) is 5.75 Å². The van der Waals surface area contributed by atoms with E-state index in [1.165, 1.54) is 13.3 Å². The second-order valence-corrected chi connectivity index (χ2v) is 4.41. The number of halogens is 1. The highest BCUT2D eigenvalue weighted by Gasteiger charge is 2.28. The number of hydrogen-bond donors (Lipinski definition) is 0. The number of carbonyl (C=O) groups excluding carboxylic acids is 1. The Labute approximate surface area is 105 Å². The van der Waals surface area contributed by atoms with Gasteiger partial charge in [-0.1, -0.05) is 0 Å². The van der Waals surface area contributed by atoms with Crippen molar-refractivity contribution in [2.24, 2.45) is 5.92 Å². The van der Waals surface area contributed by atoms with Crippen LogP contribution in [0.4, 0.5) is 4.39 Å². The van der Waals surface area contributed by atoms with E-state index in [-0.39, 0.29) is 23.7 Å². The van der Waals surface area contributed by atoms with Gasteiger partial charge in [-0.25, -0.2) is 4.98 Å². The molecule has 1 aromatic heterocycles. The third kappa shape index (κ3) is 2.97. The summed E-state index contributed by atoms with van der Waals surface area (Å²) in [6.45, 7) is 0. The lowest BCUT2D eigenvalue weighted by atomic mass is 9.87. The molecule has 0 atom stereocenters. The van der Waals surface area contributed by atoms with E-state index in [1.54, 1.807) is 12.1 Å². The lowest BCUT2D eigenvalue weighted by Gasteiger charge is -2.27. The highest BCUT2D eigenvalue weighted by atomic mass is 19.1. The number of rotatable bonds is 3. The van der Waals surface area contributed by atoms with Gasteiger partial charge in [0.1, 0.15) is 0 Å². The van der Waals surface area contributed by atoms with Gasteiger partial charge in [-0.2, -0.15) is 4.39 Å². The maximum absolute atomic E-state index is 13.3. The zero-order valence-corrected chi connectivity index (χ0v) is 10.3. The molecule has 0 aliphatic heterocycles. The summed E-state index contributed by atoms with van der Waals surface area (Å²) in [4.78, 5) is 14.9. The quantitative estimate of drug-likeness (QED) is 0.612. The summed E-state index contributed by atoms with van der Waals surface area (Å²) in [5.74, 6) is -0.624. The van der Waals surface area contributed by atoms with Crippen LogP contribution in [0.1, 0.15) is 25.7 Å². The monoisotopic (exact) mass is 253 g/mol. The number of methoxy groups -OCH3 is 1. The predicted molar refractivity (Wildman–Crippen MR) is 62.6 cm³/mol. The Balaban J connectivity index is 1.87. The second-order valence-electron chi connectivity index (χ2n) is 4.41. The molecule has 18 heavy (non-hydrogen) atoms. The average Bonchev–Trinajstić information content (AvgIpc) is 2.41. The Bertz CT molecular complexity index is 416. The molecule has 0 aromatic carbocycles. The first-order valence-corrected chi connectivity index (χ1v) is 6.05. The molecule has 0 radical (unpaired) electrons. The van der Waals surface area contributed by atoms with Gasteiger partial charge in [0.05, 0.1) is 19.1 Å². The van der Waals surface area contributed by atoms with Gasteiger partial charge in [-0.3, -0.25) is 4.79 Å². The molecule has 1 aliphatic rings. The highest BCUT2D eigenvalue weighted by Crippen LogP contribution is 2.28. The lowest BCUT2D eigenvalue weighted by molar-refractivity contribution is -0.147. The van der Waals surface area contributed by atoms with Crippen LogP contribution in [0.2, 0.25) is 0 Å². The number of esters is 1. The fourth-order valence-corrected chi connectivity index (χ4v) is 2.22. The normalized spacial score (nSPS) is 23.4. The van der Waals surface area contributed by atoms with Crippen LogP contribution in [-0.2, 0) is 9.53 Å². The molecule has 0 bridgehead atoms. The molecule has 1 aliphatic carbocycles. The number of hydrogen-bond acceptors (Lipinski definition) is 4. The van der Waals surface area contributed by atoms with Gasteiger partial charge in [-0.15, -0.1) is 0 Å². The number of aromatic nitrogens is 1. The van der Waals surface area contributed by atoms with E-state index in [0.717, 1.165) is 25.7 Å². The van der Waals surface area contributed by atoms with Crippen LogP contribution in [-0.4, -0.2) is 24.2 Å². The standard InChI is InChI=1S/C13H16FNO3/c1-17-13(16)9-4-6-10(7-5-9)18-11-3-2-8-15-12(11)14/h2-3,8-10H,4-7H2,1H3. The Hall–Kier alpha value is -1.65.